The maximum absolute atomic E-state index is 12.3. The quantitative estimate of drug-likeness (QED) is 0.801. The lowest BCUT2D eigenvalue weighted by Gasteiger charge is -2.27. The summed E-state index contributed by atoms with van der Waals surface area (Å²) in [4.78, 5) is 26.5. The molecule has 0 aromatic heterocycles. The molecule has 24 heavy (non-hydrogen) atoms. The third-order valence-electron chi connectivity index (χ3n) is 4.64. The second kappa shape index (κ2) is 9.42. The van der Waals surface area contributed by atoms with Gasteiger partial charge < -0.3 is 15.5 Å². The Kier molecular flexibility index (Phi) is 7.25. The predicted octanol–water partition coefficient (Wildman–Crippen LogP) is 1.79. The van der Waals surface area contributed by atoms with Crippen molar-refractivity contribution >= 4 is 11.8 Å². The van der Waals surface area contributed by atoms with Crippen LogP contribution in [0.5, 0.6) is 0 Å². The molecule has 132 valence electrons. The normalized spacial score (nSPS) is 20.6. The Morgan fingerprint density at radius 2 is 1.50 bits per heavy atom. The first-order valence-corrected chi connectivity index (χ1v) is 8.80. The van der Waals surface area contributed by atoms with Gasteiger partial charge in [-0.25, -0.2) is 0 Å². The highest BCUT2D eigenvalue weighted by Crippen LogP contribution is 2.29. The molecule has 1 saturated carbocycles. The summed E-state index contributed by atoms with van der Waals surface area (Å²) < 4.78 is 0. The third-order valence-corrected chi connectivity index (χ3v) is 4.64. The Morgan fingerprint density at radius 1 is 0.958 bits per heavy atom. The molecule has 2 N–H and O–H groups in total. The number of amides is 2. The van der Waals surface area contributed by atoms with Crippen LogP contribution in [0.3, 0.4) is 0 Å². The van der Waals surface area contributed by atoms with Crippen molar-refractivity contribution in [3.8, 4) is 0 Å². The number of carbonyl (C=O) groups excluding carboxylic acids is 2. The fourth-order valence-electron chi connectivity index (χ4n) is 3.09. The lowest BCUT2D eigenvalue weighted by Crippen LogP contribution is -2.39. The molecule has 1 fully saturated rings. The van der Waals surface area contributed by atoms with Gasteiger partial charge in [0.2, 0.25) is 11.8 Å². The van der Waals surface area contributed by atoms with Gasteiger partial charge in [0.25, 0.3) is 0 Å². The molecule has 0 heterocycles. The summed E-state index contributed by atoms with van der Waals surface area (Å²) in [5.41, 5.74) is 1.11. The number of likely N-dealkylation sites (N-methyl/N-ethyl adjacent to an activating group) is 1. The molecule has 1 aliphatic rings. The molecule has 2 amide bonds. The molecular formula is C19H29N3O2. The smallest absolute Gasteiger partial charge is 0.223 e. The minimum absolute atomic E-state index is 0.0412. The maximum Gasteiger partial charge on any atom is 0.223 e. The van der Waals surface area contributed by atoms with Crippen LogP contribution in [0.2, 0.25) is 0 Å². The number of nitrogens with one attached hydrogen (secondary N) is 2. The van der Waals surface area contributed by atoms with Gasteiger partial charge in [0.15, 0.2) is 0 Å². The van der Waals surface area contributed by atoms with Crippen LogP contribution in [-0.2, 0) is 16.1 Å². The summed E-state index contributed by atoms with van der Waals surface area (Å²) in [5.74, 6) is 0.357. The zero-order chi connectivity index (χ0) is 17.4. The average molecular weight is 331 g/mol. The summed E-state index contributed by atoms with van der Waals surface area (Å²) in [7, 11) is 3.98. The summed E-state index contributed by atoms with van der Waals surface area (Å²) in [6.45, 7) is 2.11. The number of benzene rings is 1. The van der Waals surface area contributed by atoms with Gasteiger partial charge in [-0.3, -0.25) is 9.59 Å². The monoisotopic (exact) mass is 331 g/mol. The van der Waals surface area contributed by atoms with Gasteiger partial charge in [-0.1, -0.05) is 30.3 Å². The molecule has 0 aliphatic heterocycles. The van der Waals surface area contributed by atoms with E-state index in [1.54, 1.807) is 0 Å². The molecule has 1 aromatic carbocycles. The molecule has 2 rings (SSSR count). The minimum atomic E-state index is 0.0412. The van der Waals surface area contributed by atoms with E-state index >= 15 is 0 Å². The summed E-state index contributed by atoms with van der Waals surface area (Å²) >= 11 is 0. The van der Waals surface area contributed by atoms with Gasteiger partial charge in [0, 0.05) is 31.5 Å². The molecule has 0 bridgehead atoms. The van der Waals surface area contributed by atoms with Gasteiger partial charge in [0.1, 0.15) is 0 Å². The van der Waals surface area contributed by atoms with Gasteiger partial charge in [0.05, 0.1) is 0 Å². The van der Waals surface area contributed by atoms with Crippen LogP contribution < -0.4 is 10.6 Å². The van der Waals surface area contributed by atoms with Crippen LogP contribution in [0.4, 0.5) is 0 Å². The lowest BCUT2D eigenvalue weighted by molar-refractivity contribution is -0.130. The van der Waals surface area contributed by atoms with E-state index in [0.717, 1.165) is 37.8 Å². The van der Waals surface area contributed by atoms with E-state index < -0.39 is 0 Å². The number of rotatable bonds is 7. The largest absolute Gasteiger partial charge is 0.355 e. The zero-order valence-corrected chi connectivity index (χ0v) is 14.8. The molecule has 1 aliphatic carbocycles. The van der Waals surface area contributed by atoms with Gasteiger partial charge in [-0.05, 0) is 45.3 Å². The van der Waals surface area contributed by atoms with Crippen LogP contribution in [-0.4, -0.2) is 43.9 Å². The van der Waals surface area contributed by atoms with Crippen molar-refractivity contribution in [2.75, 3.05) is 27.2 Å². The number of hydrogen-bond donors (Lipinski definition) is 2. The summed E-state index contributed by atoms with van der Waals surface area (Å²) in [5, 5.41) is 6.01. The number of carbonyl (C=O) groups is 2. The van der Waals surface area contributed by atoms with Crippen LogP contribution in [0.15, 0.2) is 30.3 Å². The highest BCUT2D eigenvalue weighted by Gasteiger charge is 2.29. The molecule has 1 aromatic rings. The van der Waals surface area contributed by atoms with Crippen molar-refractivity contribution in [1.29, 1.82) is 0 Å². The van der Waals surface area contributed by atoms with Gasteiger partial charge in [-0.2, -0.15) is 0 Å². The van der Waals surface area contributed by atoms with Crippen LogP contribution in [0, 0.1) is 11.8 Å². The fourth-order valence-corrected chi connectivity index (χ4v) is 3.09. The topological polar surface area (TPSA) is 61.4 Å². The predicted molar refractivity (Wildman–Crippen MR) is 95.3 cm³/mol. The van der Waals surface area contributed by atoms with Crippen molar-refractivity contribution < 1.29 is 9.59 Å². The Morgan fingerprint density at radius 3 is 2.04 bits per heavy atom. The first-order chi connectivity index (χ1) is 11.6. The highest BCUT2D eigenvalue weighted by atomic mass is 16.2. The molecule has 5 heteroatoms. The van der Waals surface area contributed by atoms with Crippen molar-refractivity contribution in [1.82, 2.24) is 15.5 Å². The maximum atomic E-state index is 12.3. The number of hydrogen-bond acceptors (Lipinski definition) is 3. The second-order valence-electron chi connectivity index (χ2n) is 6.85. The van der Waals surface area contributed by atoms with E-state index in [0.29, 0.717) is 13.1 Å². The fraction of sp³-hybridized carbons (Fsp3) is 0.579. The Labute approximate surface area is 144 Å². The number of nitrogens with zero attached hydrogens (tertiary/aromatic N) is 1. The van der Waals surface area contributed by atoms with E-state index in [-0.39, 0.29) is 23.7 Å². The first kappa shape index (κ1) is 18.5. The van der Waals surface area contributed by atoms with Gasteiger partial charge in [-0.15, -0.1) is 0 Å². The second-order valence-corrected chi connectivity index (χ2v) is 6.85. The van der Waals surface area contributed by atoms with Crippen LogP contribution in [0.25, 0.3) is 0 Å². The molecular weight excluding hydrogens is 302 g/mol. The SMILES string of the molecule is CN(C)CCNC(=O)C1CCC(C(=O)NCc2ccccc2)CC1. The molecule has 0 atom stereocenters. The Hall–Kier alpha value is -1.88. The lowest BCUT2D eigenvalue weighted by atomic mass is 9.81. The first-order valence-electron chi connectivity index (χ1n) is 8.80. The summed E-state index contributed by atoms with van der Waals surface area (Å²) in [6.07, 6.45) is 3.20. The van der Waals surface area contributed by atoms with Crippen LogP contribution >= 0.6 is 0 Å². The molecule has 0 unspecified atom stereocenters. The van der Waals surface area contributed by atoms with Crippen molar-refractivity contribution in [3.05, 3.63) is 35.9 Å². The highest BCUT2D eigenvalue weighted by molar-refractivity contribution is 5.81. The van der Waals surface area contributed by atoms with Crippen molar-refractivity contribution in [2.24, 2.45) is 11.8 Å². The zero-order valence-electron chi connectivity index (χ0n) is 14.8. The van der Waals surface area contributed by atoms with E-state index in [1.807, 2.05) is 49.3 Å². The van der Waals surface area contributed by atoms with Gasteiger partial charge >= 0.3 is 0 Å². The van der Waals surface area contributed by atoms with Crippen molar-refractivity contribution in [2.45, 2.75) is 32.2 Å². The van der Waals surface area contributed by atoms with E-state index in [1.165, 1.54) is 0 Å². The standard InChI is InChI=1S/C19H29N3O2/c1-22(2)13-12-20-18(23)16-8-10-17(11-9-16)19(24)21-14-15-6-4-3-5-7-15/h3-7,16-17H,8-14H2,1-2H3,(H,20,23)(H,21,24). The molecule has 5 nitrogen and oxygen atoms in total. The van der Waals surface area contributed by atoms with Crippen molar-refractivity contribution in [3.63, 3.8) is 0 Å². The molecule has 0 radical (unpaired) electrons. The molecule has 0 spiro atoms. The third kappa shape index (κ3) is 5.96. The average Bonchev–Trinajstić information content (AvgIpc) is 2.60. The minimum Gasteiger partial charge on any atom is -0.355 e. The Balaban J connectivity index is 1.68. The Bertz CT molecular complexity index is 523. The van der Waals surface area contributed by atoms with E-state index in [2.05, 4.69) is 10.6 Å². The molecule has 0 saturated heterocycles. The van der Waals surface area contributed by atoms with E-state index in [4.69, 9.17) is 0 Å². The van der Waals surface area contributed by atoms with E-state index in [9.17, 15) is 9.59 Å². The summed E-state index contributed by atoms with van der Waals surface area (Å²) in [6, 6.07) is 9.93. The van der Waals surface area contributed by atoms with Crippen LogP contribution in [0.1, 0.15) is 31.2 Å².